The molecule has 1 aliphatic rings. The molecule has 0 unspecified atom stereocenters. The largest absolute Gasteiger partial charge is 0.466 e. The van der Waals surface area contributed by atoms with Gasteiger partial charge in [-0.05, 0) is 24.7 Å². The molecule has 0 aromatic heterocycles. The van der Waals surface area contributed by atoms with E-state index in [4.69, 9.17) is 39.5 Å². The van der Waals surface area contributed by atoms with Gasteiger partial charge >= 0.3 is 5.97 Å². The van der Waals surface area contributed by atoms with E-state index in [9.17, 15) is 4.79 Å². The summed E-state index contributed by atoms with van der Waals surface area (Å²) in [6, 6.07) is 0. The van der Waals surface area contributed by atoms with Gasteiger partial charge in [-0.1, -0.05) is 48.7 Å². The van der Waals surface area contributed by atoms with Gasteiger partial charge in [-0.15, -0.1) is 0 Å². The average Bonchev–Trinajstić information content (AvgIpc) is 2.50. The summed E-state index contributed by atoms with van der Waals surface area (Å²) in [4.78, 5) is 11.6. The van der Waals surface area contributed by atoms with Crippen molar-refractivity contribution in [2.75, 3.05) is 6.61 Å². The van der Waals surface area contributed by atoms with Crippen LogP contribution in [0.2, 0.25) is 0 Å². The molecule has 88 valence electrons. The Labute approximate surface area is 105 Å². The van der Waals surface area contributed by atoms with E-state index >= 15 is 0 Å². The van der Waals surface area contributed by atoms with Crippen LogP contribution >= 0.6 is 34.8 Å². The van der Waals surface area contributed by atoms with Gasteiger partial charge in [-0.3, -0.25) is 4.79 Å². The van der Waals surface area contributed by atoms with Crippen molar-refractivity contribution in [3.8, 4) is 0 Å². The summed E-state index contributed by atoms with van der Waals surface area (Å²) in [5.74, 6) is -0.209. The summed E-state index contributed by atoms with van der Waals surface area (Å²) in [5.41, 5.74) is -0.115. The second-order valence-corrected chi connectivity index (χ2v) is 6.99. The zero-order valence-corrected chi connectivity index (χ0v) is 11.3. The van der Waals surface area contributed by atoms with E-state index in [-0.39, 0.29) is 23.2 Å². The van der Waals surface area contributed by atoms with Gasteiger partial charge in [-0.25, -0.2) is 0 Å². The van der Waals surface area contributed by atoms with Gasteiger partial charge < -0.3 is 4.74 Å². The van der Waals surface area contributed by atoms with Gasteiger partial charge in [0.25, 0.3) is 0 Å². The van der Waals surface area contributed by atoms with E-state index in [1.807, 2.05) is 13.8 Å². The lowest BCUT2D eigenvalue weighted by Gasteiger charge is -2.10. The van der Waals surface area contributed by atoms with E-state index < -0.39 is 3.79 Å². The van der Waals surface area contributed by atoms with Gasteiger partial charge in [0, 0.05) is 0 Å². The Morgan fingerprint density at radius 3 is 2.33 bits per heavy atom. The molecule has 0 heterocycles. The van der Waals surface area contributed by atoms with Crippen LogP contribution in [0.5, 0.6) is 0 Å². The maximum atomic E-state index is 11.6. The van der Waals surface area contributed by atoms with E-state index in [1.54, 1.807) is 6.92 Å². The fourth-order valence-corrected chi connectivity index (χ4v) is 2.57. The lowest BCUT2D eigenvalue weighted by Crippen LogP contribution is -2.11. The highest BCUT2D eigenvalue weighted by molar-refractivity contribution is 6.67. The number of esters is 1. The minimum absolute atomic E-state index is 0.101. The molecule has 5 heteroatoms. The van der Waals surface area contributed by atoms with E-state index in [0.717, 1.165) is 0 Å². The van der Waals surface area contributed by atoms with Crippen LogP contribution in [0.3, 0.4) is 0 Å². The zero-order chi connectivity index (χ0) is 11.9. The second-order valence-electron chi connectivity index (χ2n) is 4.48. The van der Waals surface area contributed by atoms with Gasteiger partial charge in [0.15, 0.2) is 3.79 Å². The van der Waals surface area contributed by atoms with Crippen LogP contribution < -0.4 is 0 Å². The maximum Gasteiger partial charge on any atom is 0.309 e. The fraction of sp³-hybridized carbons (Fsp3) is 0.900. The van der Waals surface area contributed by atoms with Crippen molar-refractivity contribution < 1.29 is 9.53 Å². The minimum Gasteiger partial charge on any atom is -0.466 e. The number of hydrogen-bond acceptors (Lipinski definition) is 2. The second kappa shape index (κ2) is 4.31. The summed E-state index contributed by atoms with van der Waals surface area (Å²) in [6.45, 7) is 6.18. The third-order valence-electron chi connectivity index (χ3n) is 3.04. The Balaban J connectivity index is 2.59. The number of hydrogen-bond donors (Lipinski definition) is 0. The van der Waals surface area contributed by atoms with Gasteiger partial charge in [0.1, 0.15) is 0 Å². The van der Waals surface area contributed by atoms with Crippen molar-refractivity contribution in [1.82, 2.24) is 0 Å². The van der Waals surface area contributed by atoms with Crippen LogP contribution in [-0.4, -0.2) is 16.4 Å². The maximum absolute atomic E-state index is 11.6. The molecule has 0 aromatic rings. The molecule has 2 atom stereocenters. The van der Waals surface area contributed by atoms with Gasteiger partial charge in [-0.2, -0.15) is 0 Å². The smallest absolute Gasteiger partial charge is 0.309 e. The molecule has 1 rings (SSSR count). The first kappa shape index (κ1) is 13.4. The van der Waals surface area contributed by atoms with Crippen molar-refractivity contribution in [3.63, 3.8) is 0 Å². The van der Waals surface area contributed by atoms with Crippen molar-refractivity contribution >= 4 is 40.8 Å². The number of halogens is 3. The molecule has 1 fully saturated rings. The lowest BCUT2D eigenvalue weighted by molar-refractivity contribution is -0.145. The predicted octanol–water partition coefficient (Wildman–Crippen LogP) is 3.58. The molecule has 15 heavy (non-hydrogen) atoms. The number of rotatable bonds is 3. The molecule has 1 aliphatic carbocycles. The quantitative estimate of drug-likeness (QED) is 0.580. The highest BCUT2D eigenvalue weighted by Crippen LogP contribution is 2.63. The third-order valence-corrected chi connectivity index (χ3v) is 3.51. The van der Waals surface area contributed by atoms with E-state index in [1.165, 1.54) is 0 Å². The molecule has 0 spiro atoms. The van der Waals surface area contributed by atoms with Crippen LogP contribution in [0.1, 0.15) is 27.2 Å². The zero-order valence-electron chi connectivity index (χ0n) is 9.02. The Bertz CT molecular complexity index is 258. The normalized spacial score (nSPS) is 28.7. The Hall–Kier alpha value is 0.340. The first-order valence-electron chi connectivity index (χ1n) is 4.93. The molecule has 0 bridgehead atoms. The molecular weight excluding hydrogens is 258 g/mol. The van der Waals surface area contributed by atoms with Crippen LogP contribution in [0.15, 0.2) is 0 Å². The van der Waals surface area contributed by atoms with Crippen LogP contribution in [0.4, 0.5) is 0 Å². The fourth-order valence-electron chi connectivity index (χ4n) is 2.07. The molecule has 0 saturated heterocycles. The third kappa shape index (κ3) is 3.15. The first-order valence-corrected chi connectivity index (χ1v) is 6.07. The van der Waals surface area contributed by atoms with Crippen molar-refractivity contribution in [1.29, 1.82) is 0 Å². The number of carbonyl (C=O) groups is 1. The summed E-state index contributed by atoms with van der Waals surface area (Å²) in [7, 11) is 0. The van der Waals surface area contributed by atoms with Gasteiger partial charge in [0.2, 0.25) is 0 Å². The SMILES string of the molecule is CCOC(=O)[C@H]1[C@@H](CC(Cl)(Cl)Cl)C1(C)C. The number of carbonyl (C=O) groups excluding carboxylic acids is 1. The highest BCUT2D eigenvalue weighted by atomic mass is 35.6. The topological polar surface area (TPSA) is 26.3 Å². The summed E-state index contributed by atoms with van der Waals surface area (Å²) in [6.07, 6.45) is 0.397. The summed E-state index contributed by atoms with van der Waals surface area (Å²) in [5, 5.41) is 0. The van der Waals surface area contributed by atoms with Crippen molar-refractivity contribution in [2.45, 2.75) is 31.0 Å². The Kier molecular flexibility index (Phi) is 3.85. The monoisotopic (exact) mass is 272 g/mol. The number of ether oxygens (including phenoxy) is 1. The molecule has 0 amide bonds. The molecule has 1 saturated carbocycles. The van der Waals surface area contributed by atoms with Gasteiger partial charge in [0.05, 0.1) is 12.5 Å². The van der Waals surface area contributed by atoms with Crippen LogP contribution in [0, 0.1) is 17.3 Å². The minimum atomic E-state index is -1.29. The molecule has 0 aliphatic heterocycles. The van der Waals surface area contributed by atoms with E-state index in [2.05, 4.69) is 0 Å². The Morgan fingerprint density at radius 1 is 1.40 bits per heavy atom. The Morgan fingerprint density at radius 2 is 1.93 bits per heavy atom. The summed E-state index contributed by atoms with van der Waals surface area (Å²) >= 11 is 17.2. The molecular formula is C10H15Cl3O2. The average molecular weight is 274 g/mol. The highest BCUT2D eigenvalue weighted by Gasteiger charge is 2.63. The van der Waals surface area contributed by atoms with E-state index in [0.29, 0.717) is 13.0 Å². The molecule has 0 N–H and O–H groups in total. The van der Waals surface area contributed by atoms with Crippen LogP contribution in [-0.2, 0) is 9.53 Å². The van der Waals surface area contributed by atoms with Crippen molar-refractivity contribution in [3.05, 3.63) is 0 Å². The standard InChI is InChI=1S/C10H15Cl3O2/c1-4-15-8(14)7-6(9(7,2)3)5-10(11,12)13/h6-7H,4-5H2,1-3H3/t6-,7-/m1/s1. The lowest BCUT2D eigenvalue weighted by atomic mass is 10.1. The van der Waals surface area contributed by atoms with Crippen molar-refractivity contribution in [2.24, 2.45) is 17.3 Å². The number of alkyl halides is 3. The molecule has 0 radical (unpaired) electrons. The first-order chi connectivity index (χ1) is 6.70. The predicted molar refractivity (Wildman–Crippen MR) is 62.3 cm³/mol. The molecule has 0 aromatic carbocycles. The summed E-state index contributed by atoms with van der Waals surface area (Å²) < 4.78 is 3.69. The van der Waals surface area contributed by atoms with Crippen LogP contribution in [0.25, 0.3) is 0 Å². The molecule has 2 nitrogen and oxygen atoms in total.